The number of phenols is 1. The maximum atomic E-state index is 13.3. The molecular weight excluding hydrogens is 665 g/mol. The summed E-state index contributed by atoms with van der Waals surface area (Å²) >= 11 is 0. The zero-order valence-electron chi connectivity index (χ0n) is 30.4. The smallest absolute Gasteiger partial charge is 0.255 e. The molecule has 9 nitrogen and oxygen atoms in total. The van der Waals surface area contributed by atoms with E-state index in [0.29, 0.717) is 25.1 Å². The molecule has 0 aliphatic carbocycles. The Labute approximate surface area is 311 Å². The molecule has 1 unspecified atom stereocenters. The number of amides is 3. The van der Waals surface area contributed by atoms with Crippen LogP contribution < -0.4 is 15.0 Å². The third-order valence-electron chi connectivity index (χ3n) is 10.7. The summed E-state index contributed by atoms with van der Waals surface area (Å²) in [7, 11) is 0. The second kappa shape index (κ2) is 16.5. The van der Waals surface area contributed by atoms with E-state index in [1.54, 1.807) is 17.0 Å². The van der Waals surface area contributed by atoms with Crippen LogP contribution in [0.3, 0.4) is 0 Å². The minimum Gasteiger partial charge on any atom is -0.508 e. The van der Waals surface area contributed by atoms with Crippen molar-refractivity contribution < 1.29 is 24.2 Å². The average Bonchev–Trinajstić information content (AvgIpc) is 3.51. The second-order valence-electron chi connectivity index (χ2n) is 14.1. The highest BCUT2D eigenvalue weighted by Gasteiger charge is 2.39. The van der Waals surface area contributed by atoms with Crippen molar-refractivity contribution in [2.75, 3.05) is 44.2 Å². The molecule has 0 spiro atoms. The molecule has 7 rings (SSSR count). The lowest BCUT2D eigenvalue weighted by molar-refractivity contribution is -0.136. The van der Waals surface area contributed by atoms with E-state index in [-0.39, 0.29) is 29.9 Å². The number of nitrogens with one attached hydrogen (secondary N) is 1. The van der Waals surface area contributed by atoms with Gasteiger partial charge in [-0.05, 0) is 108 Å². The Balaban J connectivity index is 0.854. The lowest BCUT2D eigenvalue weighted by Gasteiger charge is -2.36. The van der Waals surface area contributed by atoms with Crippen molar-refractivity contribution in [2.45, 2.75) is 58.0 Å². The van der Waals surface area contributed by atoms with E-state index in [1.165, 1.54) is 11.1 Å². The zero-order valence-corrected chi connectivity index (χ0v) is 30.4. The van der Waals surface area contributed by atoms with Crippen LogP contribution in [0.25, 0.3) is 11.1 Å². The fourth-order valence-corrected chi connectivity index (χ4v) is 7.80. The van der Waals surface area contributed by atoms with E-state index in [0.717, 1.165) is 92.1 Å². The lowest BCUT2D eigenvalue weighted by atomic mass is 9.88. The molecule has 53 heavy (non-hydrogen) atoms. The number of rotatable bonds is 13. The van der Waals surface area contributed by atoms with Gasteiger partial charge in [0, 0.05) is 50.4 Å². The normalized spacial score (nSPS) is 18.1. The van der Waals surface area contributed by atoms with Crippen molar-refractivity contribution in [1.29, 1.82) is 0 Å². The molecular formula is C44H48N4O5. The minimum atomic E-state index is -0.591. The Morgan fingerprint density at radius 1 is 0.811 bits per heavy atom. The van der Waals surface area contributed by atoms with E-state index in [1.807, 2.05) is 30.3 Å². The third-order valence-corrected chi connectivity index (χ3v) is 10.7. The molecule has 3 aliphatic rings. The molecule has 9 heteroatoms. The second-order valence-corrected chi connectivity index (χ2v) is 14.1. The van der Waals surface area contributed by atoms with E-state index < -0.39 is 6.04 Å². The van der Waals surface area contributed by atoms with E-state index >= 15 is 0 Å². The number of benzene rings is 4. The number of carbonyl (C=O) groups excluding carboxylic acids is 3. The molecule has 0 aromatic heterocycles. The lowest BCUT2D eigenvalue weighted by Crippen LogP contribution is -2.52. The number of aromatic hydroxyl groups is 1. The fraction of sp³-hybridized carbons (Fsp3) is 0.341. The van der Waals surface area contributed by atoms with Gasteiger partial charge in [0.25, 0.3) is 5.91 Å². The number of piperidine rings is 1. The maximum Gasteiger partial charge on any atom is 0.255 e. The highest BCUT2D eigenvalue weighted by molar-refractivity contribution is 6.05. The first-order chi connectivity index (χ1) is 25.9. The van der Waals surface area contributed by atoms with Crippen molar-refractivity contribution in [2.24, 2.45) is 0 Å². The van der Waals surface area contributed by atoms with Gasteiger partial charge >= 0.3 is 0 Å². The molecule has 2 fully saturated rings. The number of nitrogens with zero attached hydrogens (tertiary/aromatic N) is 3. The predicted octanol–water partition coefficient (Wildman–Crippen LogP) is 6.89. The quantitative estimate of drug-likeness (QED) is 0.0885. The summed E-state index contributed by atoms with van der Waals surface area (Å²) in [6, 6.07) is 31.8. The molecule has 0 bridgehead atoms. The molecule has 0 saturated carbocycles. The van der Waals surface area contributed by atoms with Crippen LogP contribution in [0.2, 0.25) is 0 Å². The monoisotopic (exact) mass is 712 g/mol. The Morgan fingerprint density at radius 3 is 2.23 bits per heavy atom. The topological polar surface area (TPSA) is 102 Å². The summed E-state index contributed by atoms with van der Waals surface area (Å²) < 4.78 is 6.15. The summed E-state index contributed by atoms with van der Waals surface area (Å²) in [5.74, 6) is 0.342. The minimum absolute atomic E-state index is 0.128. The van der Waals surface area contributed by atoms with Gasteiger partial charge in [-0.25, -0.2) is 0 Å². The molecule has 2 saturated heterocycles. The van der Waals surface area contributed by atoms with Gasteiger partial charge in [-0.1, -0.05) is 67.6 Å². The Morgan fingerprint density at radius 2 is 1.53 bits per heavy atom. The first-order valence-electron chi connectivity index (χ1n) is 18.9. The van der Waals surface area contributed by atoms with E-state index in [4.69, 9.17) is 4.74 Å². The summed E-state index contributed by atoms with van der Waals surface area (Å²) in [5, 5.41) is 12.3. The number of anilines is 1. The number of phenolic OH excluding ortho intramolecular Hbond substituents is 1. The highest BCUT2D eigenvalue weighted by atomic mass is 16.5. The summed E-state index contributed by atoms with van der Waals surface area (Å²) in [5.41, 5.74) is 8.43. The number of allylic oxidation sites excluding steroid dienone is 1. The highest BCUT2D eigenvalue weighted by Crippen LogP contribution is 2.36. The molecule has 3 aliphatic heterocycles. The fourth-order valence-electron chi connectivity index (χ4n) is 7.80. The molecule has 2 N–H and O–H groups in total. The Hall–Kier alpha value is -5.41. The predicted molar refractivity (Wildman–Crippen MR) is 208 cm³/mol. The molecule has 3 amide bonds. The number of imide groups is 1. The molecule has 1 atom stereocenters. The van der Waals surface area contributed by atoms with Crippen LogP contribution in [0.15, 0.2) is 97.1 Å². The maximum absolute atomic E-state index is 13.3. The standard InChI is InChI=1S/C44H48N4O5/c1-2-38(31-9-5-3-6-10-31)42(32-12-17-36(49)18-13-32)33-14-19-37(20-15-33)53-28-8-4-7-23-46-24-26-47(27-25-46)35-16-11-34-30-48(44(52)39(34)29-35)40-21-22-41(50)45-43(40)51/h3,5-6,9-20,29,40,49H,2,4,7-8,21-28,30H2,1H3,(H,45,50,51). The van der Waals surface area contributed by atoms with Crippen LogP contribution in [-0.4, -0.2) is 78.0 Å². The number of hydrogen-bond acceptors (Lipinski definition) is 7. The van der Waals surface area contributed by atoms with Gasteiger partial charge in [0.05, 0.1) is 6.61 Å². The molecule has 4 aromatic carbocycles. The van der Waals surface area contributed by atoms with Gasteiger partial charge in [-0.3, -0.25) is 24.6 Å². The summed E-state index contributed by atoms with van der Waals surface area (Å²) in [6.07, 6.45) is 4.71. The van der Waals surface area contributed by atoms with Crippen LogP contribution in [0.1, 0.15) is 78.1 Å². The third kappa shape index (κ3) is 8.31. The van der Waals surface area contributed by atoms with E-state index in [9.17, 15) is 19.5 Å². The number of carbonyl (C=O) groups is 3. The van der Waals surface area contributed by atoms with Crippen LogP contribution in [-0.2, 0) is 16.1 Å². The Bertz CT molecular complexity index is 1950. The number of ether oxygens (including phenoxy) is 1. The van der Waals surface area contributed by atoms with Gasteiger partial charge < -0.3 is 19.6 Å². The molecule has 3 heterocycles. The van der Waals surface area contributed by atoms with Crippen LogP contribution in [0.4, 0.5) is 5.69 Å². The van der Waals surface area contributed by atoms with Crippen molar-refractivity contribution in [1.82, 2.24) is 15.1 Å². The van der Waals surface area contributed by atoms with Gasteiger partial charge in [-0.15, -0.1) is 0 Å². The average molecular weight is 713 g/mol. The zero-order chi connectivity index (χ0) is 36.7. The largest absolute Gasteiger partial charge is 0.508 e. The van der Waals surface area contributed by atoms with Crippen LogP contribution in [0.5, 0.6) is 11.5 Å². The summed E-state index contributed by atoms with van der Waals surface area (Å²) in [6.45, 7) is 8.07. The molecule has 0 radical (unpaired) electrons. The first kappa shape index (κ1) is 36.0. The van der Waals surface area contributed by atoms with E-state index in [2.05, 4.69) is 76.6 Å². The van der Waals surface area contributed by atoms with Crippen LogP contribution in [0, 0.1) is 0 Å². The number of hydrogen-bond donors (Lipinski definition) is 2. The van der Waals surface area contributed by atoms with Crippen molar-refractivity contribution in [3.05, 3.63) is 125 Å². The Kier molecular flexibility index (Phi) is 11.2. The SMILES string of the molecule is CCC(=C(c1ccc(O)cc1)c1ccc(OCCCCCN2CCN(c3ccc4c(c3)C(=O)N(C3CCC(=O)NC3=O)C4)CC2)cc1)c1ccccc1. The van der Waals surface area contributed by atoms with Gasteiger partial charge in [-0.2, -0.15) is 0 Å². The van der Waals surface area contributed by atoms with Crippen molar-refractivity contribution in [3.63, 3.8) is 0 Å². The first-order valence-corrected chi connectivity index (χ1v) is 18.9. The molecule has 4 aromatic rings. The number of fused-ring (bicyclic) bond motifs is 1. The van der Waals surface area contributed by atoms with Gasteiger partial charge in [0.1, 0.15) is 17.5 Å². The van der Waals surface area contributed by atoms with Gasteiger partial charge in [0.15, 0.2) is 0 Å². The number of unbranched alkanes of at least 4 members (excludes halogenated alkanes) is 2. The van der Waals surface area contributed by atoms with Crippen molar-refractivity contribution in [3.8, 4) is 11.5 Å². The summed E-state index contributed by atoms with van der Waals surface area (Å²) in [4.78, 5) is 43.7. The molecule has 274 valence electrons. The van der Waals surface area contributed by atoms with Crippen molar-refractivity contribution >= 4 is 34.6 Å². The van der Waals surface area contributed by atoms with Gasteiger partial charge in [0.2, 0.25) is 11.8 Å². The van der Waals surface area contributed by atoms with Crippen LogP contribution >= 0.6 is 0 Å². The number of piperazine rings is 1.